The van der Waals surface area contributed by atoms with Gasteiger partial charge in [-0.15, -0.1) is 10.2 Å². The maximum Gasteiger partial charge on any atom is 0.163 e. The number of hydrogen-bond donors (Lipinski definition) is 0. The molecule has 0 spiro atoms. The Morgan fingerprint density at radius 2 is 2.00 bits per heavy atom. The minimum Gasteiger partial charge on any atom is -0.383 e. The van der Waals surface area contributed by atoms with Gasteiger partial charge < -0.3 is 9.30 Å². The standard InChI is InChI=1S/C13H17N3O/c1-3-11-4-6-12(7-5-11)13-15-14-10-16(13)8-9-17-2/h4-7,10H,3,8-9H2,1-2H3. The molecule has 17 heavy (non-hydrogen) atoms. The van der Waals surface area contributed by atoms with Crippen LogP contribution in [0.4, 0.5) is 0 Å². The lowest BCUT2D eigenvalue weighted by Crippen LogP contribution is -2.04. The zero-order valence-corrected chi connectivity index (χ0v) is 10.3. The molecule has 0 saturated heterocycles. The Bertz CT molecular complexity index is 462. The average molecular weight is 231 g/mol. The summed E-state index contributed by atoms with van der Waals surface area (Å²) < 4.78 is 7.07. The second kappa shape index (κ2) is 5.59. The molecular weight excluding hydrogens is 214 g/mol. The molecule has 90 valence electrons. The molecule has 4 heteroatoms. The molecule has 0 amide bonds. The first-order chi connectivity index (χ1) is 8.35. The van der Waals surface area contributed by atoms with Crippen LogP contribution in [0.3, 0.4) is 0 Å². The van der Waals surface area contributed by atoms with Crippen LogP contribution >= 0.6 is 0 Å². The zero-order chi connectivity index (χ0) is 12.1. The fourth-order valence-corrected chi connectivity index (χ4v) is 1.72. The maximum atomic E-state index is 5.07. The van der Waals surface area contributed by atoms with E-state index in [0.717, 1.165) is 24.4 Å². The van der Waals surface area contributed by atoms with E-state index in [9.17, 15) is 0 Å². The Hall–Kier alpha value is -1.68. The summed E-state index contributed by atoms with van der Waals surface area (Å²) >= 11 is 0. The number of benzene rings is 1. The summed E-state index contributed by atoms with van der Waals surface area (Å²) in [5.74, 6) is 0.893. The molecule has 0 unspecified atom stereocenters. The number of rotatable bonds is 5. The fourth-order valence-electron chi connectivity index (χ4n) is 1.72. The van der Waals surface area contributed by atoms with Crippen LogP contribution in [0.2, 0.25) is 0 Å². The van der Waals surface area contributed by atoms with E-state index in [1.54, 1.807) is 13.4 Å². The molecule has 1 aromatic carbocycles. The van der Waals surface area contributed by atoms with Gasteiger partial charge in [0.25, 0.3) is 0 Å². The molecule has 2 rings (SSSR count). The lowest BCUT2D eigenvalue weighted by molar-refractivity contribution is 0.187. The van der Waals surface area contributed by atoms with E-state index in [4.69, 9.17) is 4.74 Å². The summed E-state index contributed by atoms with van der Waals surface area (Å²) in [6, 6.07) is 8.44. The molecule has 0 aliphatic carbocycles. The molecule has 0 fully saturated rings. The summed E-state index contributed by atoms with van der Waals surface area (Å²) in [7, 11) is 1.69. The van der Waals surface area contributed by atoms with Gasteiger partial charge in [-0.25, -0.2) is 0 Å². The highest BCUT2D eigenvalue weighted by atomic mass is 16.5. The third kappa shape index (κ3) is 2.71. The molecule has 0 aliphatic heterocycles. The maximum absolute atomic E-state index is 5.07. The van der Waals surface area contributed by atoms with Crippen molar-refractivity contribution in [1.82, 2.24) is 14.8 Å². The predicted molar refractivity (Wildman–Crippen MR) is 66.7 cm³/mol. The van der Waals surface area contributed by atoms with Crippen molar-refractivity contribution in [3.05, 3.63) is 36.2 Å². The lowest BCUT2D eigenvalue weighted by atomic mass is 10.1. The zero-order valence-electron chi connectivity index (χ0n) is 10.3. The van der Waals surface area contributed by atoms with Crippen LogP contribution in [0.1, 0.15) is 12.5 Å². The van der Waals surface area contributed by atoms with Gasteiger partial charge >= 0.3 is 0 Å². The average Bonchev–Trinajstić information content (AvgIpc) is 2.84. The SMILES string of the molecule is CCc1ccc(-c2nncn2CCOC)cc1. The Morgan fingerprint density at radius 1 is 1.24 bits per heavy atom. The fraction of sp³-hybridized carbons (Fsp3) is 0.385. The second-order valence-electron chi connectivity index (χ2n) is 3.89. The predicted octanol–water partition coefficient (Wildman–Crippen LogP) is 2.15. The highest BCUT2D eigenvalue weighted by Gasteiger charge is 2.06. The van der Waals surface area contributed by atoms with Gasteiger partial charge in [-0.1, -0.05) is 31.2 Å². The Balaban J connectivity index is 2.23. The number of hydrogen-bond acceptors (Lipinski definition) is 3. The molecule has 1 aromatic heterocycles. The van der Waals surface area contributed by atoms with E-state index >= 15 is 0 Å². The van der Waals surface area contributed by atoms with Gasteiger partial charge in [0.1, 0.15) is 6.33 Å². The molecule has 0 bridgehead atoms. The Kier molecular flexibility index (Phi) is 3.88. The van der Waals surface area contributed by atoms with Crippen molar-refractivity contribution in [2.45, 2.75) is 19.9 Å². The molecule has 0 atom stereocenters. The molecule has 2 aromatic rings. The first-order valence-electron chi connectivity index (χ1n) is 5.81. The van der Waals surface area contributed by atoms with Crippen LogP contribution in [0.5, 0.6) is 0 Å². The minimum absolute atomic E-state index is 0.665. The number of aromatic nitrogens is 3. The minimum atomic E-state index is 0.665. The van der Waals surface area contributed by atoms with Crippen molar-refractivity contribution in [1.29, 1.82) is 0 Å². The molecule has 0 aliphatic rings. The van der Waals surface area contributed by atoms with Crippen LogP contribution in [-0.2, 0) is 17.7 Å². The van der Waals surface area contributed by atoms with Gasteiger partial charge in [-0.2, -0.15) is 0 Å². The van der Waals surface area contributed by atoms with E-state index in [-0.39, 0.29) is 0 Å². The summed E-state index contributed by atoms with van der Waals surface area (Å²) in [6.07, 6.45) is 2.79. The van der Waals surface area contributed by atoms with Gasteiger partial charge in [0, 0.05) is 19.2 Å². The van der Waals surface area contributed by atoms with Gasteiger partial charge in [0.15, 0.2) is 5.82 Å². The lowest BCUT2D eigenvalue weighted by Gasteiger charge is -2.06. The van der Waals surface area contributed by atoms with Gasteiger partial charge in [-0.05, 0) is 12.0 Å². The third-order valence-electron chi connectivity index (χ3n) is 2.77. The second-order valence-corrected chi connectivity index (χ2v) is 3.89. The summed E-state index contributed by atoms with van der Waals surface area (Å²) in [4.78, 5) is 0. The Labute approximate surface area is 101 Å². The van der Waals surface area contributed by atoms with E-state index in [0.29, 0.717) is 6.61 Å². The number of aryl methyl sites for hydroxylation is 1. The topological polar surface area (TPSA) is 39.9 Å². The van der Waals surface area contributed by atoms with Crippen molar-refractivity contribution in [2.75, 3.05) is 13.7 Å². The van der Waals surface area contributed by atoms with Crippen LogP contribution in [0.15, 0.2) is 30.6 Å². The van der Waals surface area contributed by atoms with Crippen molar-refractivity contribution in [3.8, 4) is 11.4 Å². The normalized spacial score (nSPS) is 10.7. The van der Waals surface area contributed by atoms with Crippen LogP contribution in [-0.4, -0.2) is 28.5 Å². The van der Waals surface area contributed by atoms with Crippen molar-refractivity contribution >= 4 is 0 Å². The summed E-state index contributed by atoms with van der Waals surface area (Å²) in [5, 5.41) is 8.10. The molecular formula is C13H17N3O. The quantitative estimate of drug-likeness (QED) is 0.791. The van der Waals surface area contributed by atoms with Gasteiger partial charge in [0.05, 0.1) is 6.61 Å². The Morgan fingerprint density at radius 3 is 2.65 bits per heavy atom. The largest absolute Gasteiger partial charge is 0.383 e. The monoisotopic (exact) mass is 231 g/mol. The smallest absolute Gasteiger partial charge is 0.163 e. The highest BCUT2D eigenvalue weighted by molar-refractivity contribution is 5.55. The molecule has 0 N–H and O–H groups in total. The summed E-state index contributed by atoms with van der Waals surface area (Å²) in [5.41, 5.74) is 2.42. The molecule has 0 radical (unpaired) electrons. The van der Waals surface area contributed by atoms with E-state index < -0.39 is 0 Å². The van der Waals surface area contributed by atoms with Crippen LogP contribution < -0.4 is 0 Å². The van der Waals surface area contributed by atoms with Crippen LogP contribution in [0, 0.1) is 0 Å². The van der Waals surface area contributed by atoms with Crippen molar-refractivity contribution < 1.29 is 4.74 Å². The number of methoxy groups -OCH3 is 1. The van der Waals surface area contributed by atoms with Crippen LogP contribution in [0.25, 0.3) is 11.4 Å². The highest BCUT2D eigenvalue weighted by Crippen LogP contribution is 2.17. The number of ether oxygens (including phenoxy) is 1. The molecule has 4 nitrogen and oxygen atoms in total. The van der Waals surface area contributed by atoms with E-state index in [1.807, 2.05) is 4.57 Å². The number of nitrogens with zero attached hydrogens (tertiary/aromatic N) is 3. The first-order valence-corrected chi connectivity index (χ1v) is 5.81. The van der Waals surface area contributed by atoms with Crippen molar-refractivity contribution in [3.63, 3.8) is 0 Å². The first kappa shape index (κ1) is 11.8. The van der Waals surface area contributed by atoms with Gasteiger partial charge in [-0.3, -0.25) is 0 Å². The summed E-state index contributed by atoms with van der Waals surface area (Å²) in [6.45, 7) is 3.59. The van der Waals surface area contributed by atoms with Crippen molar-refractivity contribution in [2.24, 2.45) is 0 Å². The van der Waals surface area contributed by atoms with E-state index in [2.05, 4.69) is 41.4 Å². The molecule has 1 heterocycles. The van der Waals surface area contributed by atoms with E-state index in [1.165, 1.54) is 5.56 Å². The third-order valence-corrected chi connectivity index (χ3v) is 2.77. The van der Waals surface area contributed by atoms with Gasteiger partial charge in [0.2, 0.25) is 0 Å². The molecule has 0 saturated carbocycles.